The third-order valence-electron chi connectivity index (χ3n) is 4.41. The second kappa shape index (κ2) is 8.78. The average Bonchev–Trinajstić information content (AvgIpc) is 3.03. The molecule has 1 N–H and O–H groups in total. The summed E-state index contributed by atoms with van der Waals surface area (Å²) in [5.41, 5.74) is 1.35. The number of carbonyl (C=O) groups is 2. The molecule has 0 saturated carbocycles. The monoisotopic (exact) mass is 382 g/mol. The van der Waals surface area contributed by atoms with Gasteiger partial charge in [0, 0.05) is 24.2 Å². The van der Waals surface area contributed by atoms with Crippen LogP contribution in [0.2, 0.25) is 0 Å². The lowest BCUT2D eigenvalue weighted by molar-refractivity contribution is -0.117. The van der Waals surface area contributed by atoms with Gasteiger partial charge in [-0.3, -0.25) is 9.59 Å². The standard InChI is InChI=1S/C22H26N2O4/c1-4-27-19-11-7-18(8-12-19)24-14-17(13-21(24)25)23-22(26)16-5-9-20(10-6-16)28-15(2)3/h5-12,15,17H,4,13-14H2,1-3H3,(H,23,26). The van der Waals surface area contributed by atoms with Crippen molar-refractivity contribution in [3.05, 3.63) is 54.1 Å². The van der Waals surface area contributed by atoms with E-state index in [0.717, 1.165) is 17.2 Å². The van der Waals surface area contributed by atoms with Crippen LogP contribution in [0.4, 0.5) is 5.69 Å². The highest BCUT2D eigenvalue weighted by atomic mass is 16.5. The number of anilines is 1. The highest BCUT2D eigenvalue weighted by molar-refractivity contribution is 5.99. The minimum atomic E-state index is -0.224. The summed E-state index contributed by atoms with van der Waals surface area (Å²) < 4.78 is 11.0. The SMILES string of the molecule is CCOc1ccc(N2CC(NC(=O)c3ccc(OC(C)C)cc3)CC2=O)cc1. The zero-order valence-corrected chi connectivity index (χ0v) is 16.5. The smallest absolute Gasteiger partial charge is 0.251 e. The number of rotatable bonds is 7. The summed E-state index contributed by atoms with van der Waals surface area (Å²) in [4.78, 5) is 26.6. The van der Waals surface area contributed by atoms with Crippen molar-refractivity contribution in [1.29, 1.82) is 0 Å². The highest BCUT2D eigenvalue weighted by Crippen LogP contribution is 2.24. The van der Waals surface area contributed by atoms with Gasteiger partial charge in [0.05, 0.1) is 18.8 Å². The first-order chi connectivity index (χ1) is 13.5. The van der Waals surface area contributed by atoms with Crippen molar-refractivity contribution >= 4 is 17.5 Å². The molecule has 0 bridgehead atoms. The number of amides is 2. The summed E-state index contributed by atoms with van der Waals surface area (Å²) in [5, 5.41) is 2.95. The lowest BCUT2D eigenvalue weighted by atomic mass is 10.1. The van der Waals surface area contributed by atoms with E-state index >= 15 is 0 Å². The maximum atomic E-state index is 12.5. The zero-order chi connectivity index (χ0) is 20.1. The number of benzene rings is 2. The molecule has 6 heteroatoms. The molecule has 2 amide bonds. The Morgan fingerprint density at radius 3 is 2.36 bits per heavy atom. The van der Waals surface area contributed by atoms with E-state index in [1.165, 1.54) is 0 Å². The first-order valence-electron chi connectivity index (χ1n) is 9.57. The van der Waals surface area contributed by atoms with Crippen molar-refractivity contribution in [1.82, 2.24) is 5.32 Å². The van der Waals surface area contributed by atoms with Gasteiger partial charge >= 0.3 is 0 Å². The molecule has 0 spiro atoms. The van der Waals surface area contributed by atoms with E-state index in [1.807, 2.05) is 45.0 Å². The Bertz CT molecular complexity index is 815. The lowest BCUT2D eigenvalue weighted by Gasteiger charge is -2.18. The van der Waals surface area contributed by atoms with E-state index in [9.17, 15) is 9.59 Å². The molecular weight excluding hydrogens is 356 g/mol. The van der Waals surface area contributed by atoms with E-state index in [1.54, 1.807) is 29.2 Å². The van der Waals surface area contributed by atoms with Crippen molar-refractivity contribution < 1.29 is 19.1 Å². The Hall–Kier alpha value is -3.02. The maximum absolute atomic E-state index is 12.5. The van der Waals surface area contributed by atoms with Crippen LogP contribution in [-0.4, -0.2) is 37.1 Å². The Balaban J connectivity index is 1.59. The molecule has 6 nitrogen and oxygen atoms in total. The van der Waals surface area contributed by atoms with Crippen molar-refractivity contribution in [3.63, 3.8) is 0 Å². The molecule has 1 saturated heterocycles. The van der Waals surface area contributed by atoms with Crippen LogP contribution in [0.5, 0.6) is 11.5 Å². The number of hydrogen-bond acceptors (Lipinski definition) is 4. The van der Waals surface area contributed by atoms with Crippen LogP contribution < -0.4 is 19.7 Å². The van der Waals surface area contributed by atoms with Gasteiger partial charge in [0.15, 0.2) is 0 Å². The van der Waals surface area contributed by atoms with E-state index in [2.05, 4.69) is 5.32 Å². The fourth-order valence-corrected chi connectivity index (χ4v) is 3.17. The summed E-state index contributed by atoms with van der Waals surface area (Å²) in [6.45, 7) is 6.88. The van der Waals surface area contributed by atoms with Crippen molar-refractivity contribution in [2.75, 3.05) is 18.1 Å². The van der Waals surface area contributed by atoms with Crippen molar-refractivity contribution in [2.45, 2.75) is 39.3 Å². The number of nitrogens with zero attached hydrogens (tertiary/aromatic N) is 1. The minimum Gasteiger partial charge on any atom is -0.494 e. The lowest BCUT2D eigenvalue weighted by Crippen LogP contribution is -2.37. The molecule has 2 aromatic rings. The Morgan fingerprint density at radius 2 is 1.75 bits per heavy atom. The molecule has 1 fully saturated rings. The average molecular weight is 382 g/mol. The Labute approximate surface area is 165 Å². The van der Waals surface area contributed by atoms with Gasteiger partial charge in [0.2, 0.25) is 5.91 Å². The first kappa shape index (κ1) is 19.7. The molecule has 148 valence electrons. The van der Waals surface area contributed by atoms with Gasteiger partial charge in [-0.05, 0) is 69.3 Å². The fourth-order valence-electron chi connectivity index (χ4n) is 3.17. The first-order valence-corrected chi connectivity index (χ1v) is 9.57. The van der Waals surface area contributed by atoms with Gasteiger partial charge in [0.25, 0.3) is 5.91 Å². The number of nitrogens with one attached hydrogen (secondary N) is 1. The molecule has 1 unspecified atom stereocenters. The molecule has 1 heterocycles. The summed E-state index contributed by atoms with van der Waals surface area (Å²) in [6, 6.07) is 14.2. The summed E-state index contributed by atoms with van der Waals surface area (Å²) in [6.07, 6.45) is 0.366. The summed E-state index contributed by atoms with van der Waals surface area (Å²) >= 11 is 0. The predicted octanol–water partition coefficient (Wildman–Crippen LogP) is 3.41. The second-order valence-corrected chi connectivity index (χ2v) is 7.00. The maximum Gasteiger partial charge on any atom is 0.251 e. The normalized spacial score (nSPS) is 16.4. The van der Waals surface area contributed by atoms with Gasteiger partial charge in [-0.15, -0.1) is 0 Å². The number of hydrogen-bond donors (Lipinski definition) is 1. The van der Waals surface area contributed by atoms with E-state index in [0.29, 0.717) is 18.7 Å². The van der Waals surface area contributed by atoms with Crippen LogP contribution in [0.3, 0.4) is 0 Å². The van der Waals surface area contributed by atoms with Gasteiger partial charge in [-0.25, -0.2) is 0 Å². The molecule has 2 aromatic carbocycles. The number of ether oxygens (including phenoxy) is 2. The molecule has 1 aliphatic heterocycles. The molecule has 3 rings (SSSR count). The zero-order valence-electron chi connectivity index (χ0n) is 16.5. The molecule has 0 radical (unpaired) electrons. The quantitative estimate of drug-likeness (QED) is 0.797. The topological polar surface area (TPSA) is 67.9 Å². The van der Waals surface area contributed by atoms with Crippen molar-refractivity contribution in [2.24, 2.45) is 0 Å². The molecule has 1 atom stereocenters. The van der Waals surface area contributed by atoms with Crippen LogP contribution in [0.1, 0.15) is 37.6 Å². The largest absolute Gasteiger partial charge is 0.494 e. The number of carbonyl (C=O) groups excluding carboxylic acids is 2. The molecule has 1 aliphatic rings. The van der Waals surface area contributed by atoms with Crippen molar-refractivity contribution in [3.8, 4) is 11.5 Å². The molecule has 0 aromatic heterocycles. The fraction of sp³-hybridized carbons (Fsp3) is 0.364. The summed E-state index contributed by atoms with van der Waals surface area (Å²) in [5.74, 6) is 1.30. The van der Waals surface area contributed by atoms with E-state index in [-0.39, 0.29) is 30.4 Å². The van der Waals surface area contributed by atoms with Gasteiger partial charge in [0.1, 0.15) is 11.5 Å². The predicted molar refractivity (Wildman–Crippen MR) is 108 cm³/mol. The Kier molecular flexibility index (Phi) is 6.19. The van der Waals surface area contributed by atoms with Gasteiger partial charge in [-0.2, -0.15) is 0 Å². The third kappa shape index (κ3) is 4.82. The Morgan fingerprint density at radius 1 is 1.11 bits per heavy atom. The second-order valence-electron chi connectivity index (χ2n) is 7.00. The van der Waals surface area contributed by atoms with Gasteiger partial charge in [-0.1, -0.05) is 0 Å². The molecular formula is C22H26N2O4. The third-order valence-corrected chi connectivity index (χ3v) is 4.41. The molecule has 0 aliphatic carbocycles. The van der Waals surface area contributed by atoms with Crippen LogP contribution in [-0.2, 0) is 4.79 Å². The van der Waals surface area contributed by atoms with E-state index in [4.69, 9.17) is 9.47 Å². The van der Waals surface area contributed by atoms with Crippen LogP contribution >= 0.6 is 0 Å². The van der Waals surface area contributed by atoms with Crippen LogP contribution in [0.25, 0.3) is 0 Å². The van der Waals surface area contributed by atoms with Gasteiger partial charge < -0.3 is 19.7 Å². The van der Waals surface area contributed by atoms with Crippen LogP contribution in [0.15, 0.2) is 48.5 Å². The molecule has 28 heavy (non-hydrogen) atoms. The highest BCUT2D eigenvalue weighted by Gasteiger charge is 2.31. The minimum absolute atomic E-state index is 0.00450. The van der Waals surface area contributed by atoms with Crippen LogP contribution in [0, 0.1) is 0 Å². The van der Waals surface area contributed by atoms with E-state index < -0.39 is 0 Å². The summed E-state index contributed by atoms with van der Waals surface area (Å²) in [7, 11) is 0.